The molecule has 0 aliphatic carbocycles. The maximum atomic E-state index is 10.4. The molecule has 4 heteroatoms. The molecule has 0 aromatic heterocycles. The molecule has 1 aromatic rings. The molecule has 3 rings (SSSR count). The number of likely N-dealkylation sites (tertiary alicyclic amines) is 2. The number of benzene rings is 1. The highest BCUT2D eigenvalue weighted by atomic mass is 35.5. The van der Waals surface area contributed by atoms with E-state index in [-0.39, 0.29) is 0 Å². The van der Waals surface area contributed by atoms with Crippen LogP contribution in [0.2, 0.25) is 5.02 Å². The van der Waals surface area contributed by atoms with E-state index >= 15 is 0 Å². The molecule has 22 heavy (non-hydrogen) atoms. The maximum absolute atomic E-state index is 10.4. The van der Waals surface area contributed by atoms with Gasteiger partial charge < -0.3 is 14.9 Å². The van der Waals surface area contributed by atoms with Crippen molar-refractivity contribution in [2.45, 2.75) is 31.8 Å². The molecule has 0 radical (unpaired) electrons. The van der Waals surface area contributed by atoms with Gasteiger partial charge in [0.1, 0.15) is 0 Å². The third kappa shape index (κ3) is 4.45. The van der Waals surface area contributed by atoms with Crippen molar-refractivity contribution in [2.24, 2.45) is 5.92 Å². The number of rotatable bonds is 5. The van der Waals surface area contributed by atoms with Crippen LogP contribution in [0.15, 0.2) is 24.3 Å². The van der Waals surface area contributed by atoms with Gasteiger partial charge in [0.2, 0.25) is 0 Å². The number of β-amino-alcohol motifs (C(OH)–C–C–N with tert-alkyl or cyclic N) is 1. The summed E-state index contributed by atoms with van der Waals surface area (Å²) in [6.07, 6.45) is 4.96. The highest BCUT2D eigenvalue weighted by Gasteiger charge is 2.26. The second kappa shape index (κ2) is 7.78. The topological polar surface area (TPSA) is 26.7 Å². The molecule has 2 atom stereocenters. The Labute approximate surface area is 138 Å². The lowest BCUT2D eigenvalue weighted by Crippen LogP contribution is -2.35. The molecule has 2 unspecified atom stereocenters. The summed E-state index contributed by atoms with van der Waals surface area (Å²) in [6, 6.07) is 7.58. The van der Waals surface area contributed by atoms with E-state index in [1.165, 1.54) is 45.3 Å². The van der Waals surface area contributed by atoms with Crippen LogP contribution in [0.3, 0.4) is 0 Å². The number of aliphatic hydroxyl groups is 1. The molecule has 1 aromatic carbocycles. The highest BCUT2D eigenvalue weighted by molar-refractivity contribution is 6.30. The molecule has 2 aliphatic heterocycles. The van der Waals surface area contributed by atoms with E-state index in [4.69, 9.17) is 11.6 Å². The lowest BCUT2D eigenvalue weighted by molar-refractivity contribution is 0.121. The number of piperidine rings is 1. The maximum Gasteiger partial charge on any atom is 0.0917 e. The van der Waals surface area contributed by atoms with Gasteiger partial charge in [-0.15, -0.1) is 0 Å². The predicted molar refractivity (Wildman–Crippen MR) is 91.2 cm³/mol. The molecule has 0 amide bonds. The minimum absolute atomic E-state index is 0.438. The zero-order chi connectivity index (χ0) is 15.4. The van der Waals surface area contributed by atoms with E-state index in [2.05, 4.69) is 9.80 Å². The fourth-order valence-corrected chi connectivity index (χ4v) is 4.00. The first kappa shape index (κ1) is 16.3. The van der Waals surface area contributed by atoms with Crippen molar-refractivity contribution in [2.75, 3.05) is 39.3 Å². The van der Waals surface area contributed by atoms with Crippen molar-refractivity contribution in [3.05, 3.63) is 34.9 Å². The second-order valence-electron chi connectivity index (χ2n) is 6.85. The summed E-state index contributed by atoms with van der Waals surface area (Å²) in [7, 11) is 0. The van der Waals surface area contributed by atoms with Crippen molar-refractivity contribution in [1.29, 1.82) is 0 Å². The average Bonchev–Trinajstić information content (AvgIpc) is 2.95. The van der Waals surface area contributed by atoms with Crippen LogP contribution >= 0.6 is 11.6 Å². The van der Waals surface area contributed by atoms with Gasteiger partial charge in [-0.3, -0.25) is 0 Å². The SMILES string of the molecule is OC(CN1CCC(CN2CCCCC2)C1)c1cccc(Cl)c1. The fourth-order valence-electron chi connectivity index (χ4n) is 3.80. The van der Waals surface area contributed by atoms with Crippen LogP contribution in [-0.2, 0) is 0 Å². The Kier molecular flexibility index (Phi) is 5.75. The molecule has 2 heterocycles. The number of hydrogen-bond donors (Lipinski definition) is 1. The van der Waals surface area contributed by atoms with Gasteiger partial charge in [0.15, 0.2) is 0 Å². The normalized spacial score (nSPS) is 25.5. The Hall–Kier alpha value is -0.610. The fraction of sp³-hybridized carbons (Fsp3) is 0.667. The zero-order valence-corrected chi connectivity index (χ0v) is 14.0. The molecule has 122 valence electrons. The lowest BCUT2D eigenvalue weighted by atomic mass is 10.1. The average molecular weight is 323 g/mol. The van der Waals surface area contributed by atoms with Gasteiger partial charge in [-0.2, -0.15) is 0 Å². The van der Waals surface area contributed by atoms with Gasteiger partial charge in [-0.25, -0.2) is 0 Å². The Bertz CT molecular complexity index is 476. The van der Waals surface area contributed by atoms with Gasteiger partial charge in [0, 0.05) is 24.7 Å². The highest BCUT2D eigenvalue weighted by Crippen LogP contribution is 2.24. The summed E-state index contributed by atoms with van der Waals surface area (Å²) in [5, 5.41) is 11.1. The van der Waals surface area contributed by atoms with E-state index in [1.807, 2.05) is 24.3 Å². The minimum atomic E-state index is -0.438. The molecule has 0 saturated carbocycles. The van der Waals surface area contributed by atoms with Crippen molar-refractivity contribution >= 4 is 11.6 Å². The lowest BCUT2D eigenvalue weighted by Gasteiger charge is -2.29. The largest absolute Gasteiger partial charge is 0.387 e. The Morgan fingerprint density at radius 3 is 2.73 bits per heavy atom. The third-order valence-electron chi connectivity index (χ3n) is 5.00. The number of nitrogens with zero attached hydrogens (tertiary/aromatic N) is 2. The predicted octanol–water partition coefficient (Wildman–Crippen LogP) is 3.18. The number of hydrogen-bond acceptors (Lipinski definition) is 3. The quantitative estimate of drug-likeness (QED) is 0.902. The van der Waals surface area contributed by atoms with Crippen molar-refractivity contribution < 1.29 is 5.11 Å². The van der Waals surface area contributed by atoms with E-state index in [9.17, 15) is 5.11 Å². The Morgan fingerprint density at radius 1 is 1.14 bits per heavy atom. The molecular weight excluding hydrogens is 296 g/mol. The van der Waals surface area contributed by atoms with E-state index < -0.39 is 6.10 Å². The van der Waals surface area contributed by atoms with Crippen LogP contribution in [-0.4, -0.2) is 54.2 Å². The first-order valence-electron chi connectivity index (χ1n) is 8.59. The molecule has 0 bridgehead atoms. The van der Waals surface area contributed by atoms with E-state index in [0.29, 0.717) is 5.02 Å². The van der Waals surface area contributed by atoms with Gasteiger partial charge in [0.25, 0.3) is 0 Å². The minimum Gasteiger partial charge on any atom is -0.387 e. The van der Waals surface area contributed by atoms with Crippen LogP contribution in [0.4, 0.5) is 0 Å². The standard InChI is InChI=1S/C18H27ClN2O/c19-17-6-4-5-16(11-17)18(22)14-21-10-7-15(13-21)12-20-8-2-1-3-9-20/h4-6,11,15,18,22H,1-3,7-10,12-14H2. The van der Waals surface area contributed by atoms with Gasteiger partial charge in [0.05, 0.1) is 6.10 Å². The van der Waals surface area contributed by atoms with Crippen LogP contribution in [0.5, 0.6) is 0 Å². The Morgan fingerprint density at radius 2 is 1.95 bits per heavy atom. The molecule has 3 nitrogen and oxygen atoms in total. The summed E-state index contributed by atoms with van der Waals surface area (Å²) in [5.41, 5.74) is 0.923. The number of halogens is 1. The third-order valence-corrected chi connectivity index (χ3v) is 5.23. The summed E-state index contributed by atoms with van der Waals surface area (Å²) in [6.45, 7) is 6.74. The molecule has 1 N–H and O–H groups in total. The van der Waals surface area contributed by atoms with Crippen LogP contribution in [0.25, 0.3) is 0 Å². The summed E-state index contributed by atoms with van der Waals surface area (Å²) < 4.78 is 0. The Balaban J connectivity index is 1.46. The van der Waals surface area contributed by atoms with Crippen LogP contribution in [0.1, 0.15) is 37.4 Å². The van der Waals surface area contributed by atoms with Gasteiger partial charge in [-0.05, 0) is 62.5 Å². The monoisotopic (exact) mass is 322 g/mol. The first-order valence-corrected chi connectivity index (χ1v) is 8.97. The second-order valence-corrected chi connectivity index (χ2v) is 7.28. The van der Waals surface area contributed by atoms with Gasteiger partial charge >= 0.3 is 0 Å². The zero-order valence-electron chi connectivity index (χ0n) is 13.3. The summed E-state index contributed by atoms with van der Waals surface area (Å²) in [4.78, 5) is 5.03. The smallest absolute Gasteiger partial charge is 0.0917 e. The van der Waals surface area contributed by atoms with Crippen LogP contribution < -0.4 is 0 Å². The van der Waals surface area contributed by atoms with Crippen molar-refractivity contribution in [3.8, 4) is 0 Å². The summed E-state index contributed by atoms with van der Waals surface area (Å²) >= 11 is 6.01. The van der Waals surface area contributed by atoms with Crippen LogP contribution in [0, 0.1) is 5.92 Å². The first-order chi connectivity index (χ1) is 10.7. The van der Waals surface area contributed by atoms with E-state index in [0.717, 1.165) is 31.1 Å². The van der Waals surface area contributed by atoms with Crippen molar-refractivity contribution in [3.63, 3.8) is 0 Å². The molecule has 2 aliphatic rings. The van der Waals surface area contributed by atoms with E-state index in [1.54, 1.807) is 0 Å². The van der Waals surface area contributed by atoms with Gasteiger partial charge in [-0.1, -0.05) is 30.2 Å². The molecular formula is C18H27ClN2O. The summed E-state index contributed by atoms with van der Waals surface area (Å²) in [5.74, 6) is 0.768. The molecule has 2 saturated heterocycles. The number of aliphatic hydroxyl groups excluding tert-OH is 1. The molecule has 0 spiro atoms. The molecule has 2 fully saturated rings. The van der Waals surface area contributed by atoms with Crippen molar-refractivity contribution in [1.82, 2.24) is 9.80 Å².